The van der Waals surface area contributed by atoms with Gasteiger partial charge in [0.1, 0.15) is 23.1 Å². The van der Waals surface area contributed by atoms with E-state index >= 15 is 8.78 Å². The van der Waals surface area contributed by atoms with Crippen molar-refractivity contribution in [1.82, 2.24) is 14.5 Å². The van der Waals surface area contributed by atoms with Gasteiger partial charge in [-0.25, -0.2) is 13.6 Å². The number of pyridine rings is 2. The minimum Gasteiger partial charge on any atom is -0.492 e. The monoisotopic (exact) mass is 489 g/mol. The molecule has 0 aliphatic carbocycles. The van der Waals surface area contributed by atoms with Gasteiger partial charge in [0.2, 0.25) is 0 Å². The van der Waals surface area contributed by atoms with E-state index in [1.165, 1.54) is 41.2 Å². The molecule has 0 saturated carbocycles. The van der Waals surface area contributed by atoms with Gasteiger partial charge < -0.3 is 24.4 Å². The lowest BCUT2D eigenvalue weighted by atomic mass is 10.00. The van der Waals surface area contributed by atoms with Crippen molar-refractivity contribution in [3.8, 4) is 16.9 Å². The summed E-state index contributed by atoms with van der Waals surface area (Å²) in [6.45, 7) is -0.136. The van der Waals surface area contributed by atoms with Crippen LogP contribution in [0.3, 0.4) is 0 Å². The maximum absolute atomic E-state index is 15.1. The Labute approximate surface area is 200 Å². The summed E-state index contributed by atoms with van der Waals surface area (Å²) in [5.74, 6) is -2.50. The second kappa shape index (κ2) is 7.91. The highest BCUT2D eigenvalue weighted by atomic mass is 19.1. The number of hydrogen-bond acceptors (Lipinski definition) is 4. The first kappa shape index (κ1) is 21.8. The van der Waals surface area contributed by atoms with Crippen molar-refractivity contribution < 1.29 is 23.4 Å². The number of ether oxygens (including phenoxy) is 1. The molecule has 3 N–H and O–H groups in total. The van der Waals surface area contributed by atoms with Gasteiger partial charge in [-0.05, 0) is 30.3 Å². The number of aromatic carboxylic acids is 1. The number of aromatic amines is 2. The van der Waals surface area contributed by atoms with Crippen molar-refractivity contribution >= 4 is 27.8 Å². The second-order valence-corrected chi connectivity index (χ2v) is 8.52. The molecule has 0 unspecified atom stereocenters. The molecular weight excluding hydrogens is 472 g/mol. The number of hydrogen-bond donors (Lipinski definition) is 3. The van der Waals surface area contributed by atoms with Crippen molar-refractivity contribution in [2.24, 2.45) is 0 Å². The molecular formula is C26H17F2N3O5. The summed E-state index contributed by atoms with van der Waals surface area (Å²) < 4.78 is 37.2. The lowest BCUT2D eigenvalue weighted by Gasteiger charge is -2.12. The number of nitrogens with one attached hydrogen (secondary N) is 2. The molecule has 0 atom stereocenters. The van der Waals surface area contributed by atoms with Gasteiger partial charge in [-0.3, -0.25) is 9.59 Å². The molecule has 2 aromatic carbocycles. The largest absolute Gasteiger partial charge is 0.492 e. The number of carboxylic acids is 1. The third kappa shape index (κ3) is 3.14. The minimum atomic E-state index is -1.39. The van der Waals surface area contributed by atoms with Crippen LogP contribution in [0, 0.1) is 11.6 Å². The van der Waals surface area contributed by atoms with Crippen LogP contribution in [0.2, 0.25) is 0 Å². The molecule has 180 valence electrons. The maximum atomic E-state index is 15.1. The van der Waals surface area contributed by atoms with E-state index in [2.05, 4.69) is 9.97 Å². The van der Waals surface area contributed by atoms with Crippen molar-refractivity contribution in [3.05, 3.63) is 97.8 Å². The molecule has 0 fully saturated rings. The van der Waals surface area contributed by atoms with Crippen molar-refractivity contribution in [2.45, 2.75) is 13.0 Å². The van der Waals surface area contributed by atoms with E-state index in [9.17, 15) is 19.5 Å². The van der Waals surface area contributed by atoms with Crippen LogP contribution < -0.4 is 15.7 Å². The molecule has 4 heterocycles. The summed E-state index contributed by atoms with van der Waals surface area (Å²) in [5, 5.41) is 10.7. The van der Waals surface area contributed by atoms with E-state index in [1.54, 1.807) is 6.07 Å². The SMILES string of the molecule is O=C(O)c1c(-c2ccc[nH]c2=O)c2c3c(c(F)cc2n1Cc1cc2c(=O)cc[nH]c2cc1F)CCO3. The predicted octanol–water partition coefficient (Wildman–Crippen LogP) is 3.80. The molecule has 0 spiro atoms. The Morgan fingerprint density at radius 3 is 2.69 bits per heavy atom. The van der Waals surface area contributed by atoms with Crippen LogP contribution >= 0.6 is 0 Å². The summed E-state index contributed by atoms with van der Waals surface area (Å²) in [6, 6.07) is 7.99. The highest BCUT2D eigenvalue weighted by molar-refractivity contribution is 6.11. The zero-order valence-electron chi connectivity index (χ0n) is 18.5. The maximum Gasteiger partial charge on any atom is 0.353 e. The lowest BCUT2D eigenvalue weighted by Crippen LogP contribution is -2.14. The predicted molar refractivity (Wildman–Crippen MR) is 128 cm³/mol. The number of fused-ring (bicyclic) bond motifs is 4. The summed E-state index contributed by atoms with van der Waals surface area (Å²) in [6.07, 6.45) is 3.10. The van der Waals surface area contributed by atoms with Gasteiger partial charge in [-0.2, -0.15) is 0 Å². The number of halogens is 2. The Morgan fingerprint density at radius 2 is 1.92 bits per heavy atom. The van der Waals surface area contributed by atoms with Gasteiger partial charge in [-0.15, -0.1) is 0 Å². The fraction of sp³-hybridized carbons (Fsp3) is 0.115. The lowest BCUT2D eigenvalue weighted by molar-refractivity contribution is 0.0687. The molecule has 0 radical (unpaired) electrons. The molecule has 1 aliphatic rings. The number of aromatic nitrogens is 3. The van der Waals surface area contributed by atoms with Crippen LogP contribution in [0.25, 0.3) is 32.9 Å². The summed E-state index contributed by atoms with van der Waals surface area (Å²) in [5.41, 5.74) is -0.379. The van der Waals surface area contributed by atoms with Crippen LogP contribution in [0.15, 0.2) is 58.4 Å². The third-order valence-electron chi connectivity index (χ3n) is 6.50. The van der Waals surface area contributed by atoms with Crippen molar-refractivity contribution in [2.75, 3.05) is 6.61 Å². The van der Waals surface area contributed by atoms with E-state index in [1.807, 2.05) is 0 Å². The third-order valence-corrected chi connectivity index (χ3v) is 6.50. The van der Waals surface area contributed by atoms with Gasteiger partial charge in [0, 0.05) is 47.0 Å². The van der Waals surface area contributed by atoms with Gasteiger partial charge in [0.05, 0.1) is 35.1 Å². The van der Waals surface area contributed by atoms with Crippen LogP contribution in [0.5, 0.6) is 5.75 Å². The van der Waals surface area contributed by atoms with E-state index in [4.69, 9.17) is 4.74 Å². The van der Waals surface area contributed by atoms with Crippen LogP contribution in [0.4, 0.5) is 8.78 Å². The molecule has 0 bridgehead atoms. The zero-order chi connectivity index (χ0) is 25.1. The normalized spacial score (nSPS) is 12.7. The zero-order valence-corrected chi connectivity index (χ0v) is 18.5. The number of carbonyl (C=O) groups is 1. The number of rotatable bonds is 4. The van der Waals surface area contributed by atoms with E-state index in [0.29, 0.717) is 0 Å². The second-order valence-electron chi connectivity index (χ2n) is 8.52. The molecule has 0 amide bonds. The van der Waals surface area contributed by atoms with E-state index < -0.39 is 23.2 Å². The Morgan fingerprint density at radius 1 is 1.08 bits per heavy atom. The van der Waals surface area contributed by atoms with Crippen molar-refractivity contribution in [3.63, 3.8) is 0 Å². The molecule has 0 saturated heterocycles. The Balaban J connectivity index is 1.71. The summed E-state index contributed by atoms with van der Waals surface area (Å²) in [7, 11) is 0. The molecule has 10 heteroatoms. The highest BCUT2D eigenvalue weighted by Crippen LogP contribution is 2.44. The summed E-state index contributed by atoms with van der Waals surface area (Å²) in [4.78, 5) is 43.0. The number of nitrogens with zero attached hydrogens (tertiary/aromatic N) is 1. The molecule has 3 aromatic heterocycles. The fourth-order valence-electron chi connectivity index (χ4n) is 4.93. The summed E-state index contributed by atoms with van der Waals surface area (Å²) >= 11 is 0. The van der Waals surface area contributed by atoms with Crippen LogP contribution in [0.1, 0.15) is 21.6 Å². The van der Waals surface area contributed by atoms with E-state index in [0.717, 1.165) is 6.07 Å². The quantitative estimate of drug-likeness (QED) is 0.355. The first-order chi connectivity index (χ1) is 17.3. The van der Waals surface area contributed by atoms with Crippen LogP contribution in [-0.2, 0) is 13.0 Å². The average Bonchev–Trinajstić information content (AvgIpc) is 3.44. The van der Waals surface area contributed by atoms with Crippen molar-refractivity contribution in [1.29, 1.82) is 0 Å². The Bertz CT molecular complexity index is 1850. The topological polar surface area (TPSA) is 117 Å². The number of H-pyrrole nitrogens is 2. The van der Waals surface area contributed by atoms with E-state index in [-0.39, 0.29) is 80.5 Å². The molecule has 6 rings (SSSR count). The fourth-order valence-corrected chi connectivity index (χ4v) is 4.93. The standard InChI is InChI=1S/C26H17F2N3O5/c27-16-9-18-15(20(32)3-6-29-18)8-12(16)11-31-19-10-17(28)13-4-7-36-24(13)22(19)21(23(31)26(34)35)14-2-1-5-30-25(14)33/h1-3,5-6,8-10H,4,7,11H2,(H,29,32)(H,30,33)(H,34,35). The Hall–Kier alpha value is -4.73. The molecule has 36 heavy (non-hydrogen) atoms. The first-order valence-electron chi connectivity index (χ1n) is 11.1. The number of benzene rings is 2. The molecule has 8 nitrogen and oxygen atoms in total. The van der Waals surface area contributed by atoms with Crippen LogP contribution in [-0.4, -0.2) is 32.2 Å². The molecule has 1 aliphatic heterocycles. The van der Waals surface area contributed by atoms with Gasteiger partial charge in [0.25, 0.3) is 5.56 Å². The molecule has 5 aromatic rings. The minimum absolute atomic E-state index is 0.0222. The van der Waals surface area contributed by atoms with Gasteiger partial charge >= 0.3 is 5.97 Å². The van der Waals surface area contributed by atoms with Gasteiger partial charge in [0.15, 0.2) is 5.43 Å². The Kier molecular flexibility index (Phi) is 4.78. The van der Waals surface area contributed by atoms with Gasteiger partial charge in [-0.1, -0.05) is 0 Å². The average molecular weight is 489 g/mol. The highest BCUT2D eigenvalue weighted by Gasteiger charge is 2.32. The first-order valence-corrected chi connectivity index (χ1v) is 11.1. The number of carboxylic acid groups (broad SMARTS) is 1. The smallest absolute Gasteiger partial charge is 0.353 e.